The Bertz CT molecular complexity index is 975. The lowest BCUT2D eigenvalue weighted by molar-refractivity contribution is -0.133. The van der Waals surface area contributed by atoms with Crippen LogP contribution in [-0.2, 0) is 11.2 Å². The summed E-state index contributed by atoms with van der Waals surface area (Å²) >= 11 is 1.69. The SMILES string of the molecule is O=C(C1CCc2sc(-n3cccc3)nc21)N1CCN(c2ccc(F)cc2)CC1. The van der Waals surface area contributed by atoms with Crippen LogP contribution >= 0.6 is 11.3 Å². The molecule has 1 fully saturated rings. The summed E-state index contributed by atoms with van der Waals surface area (Å²) in [5.74, 6) is -0.146. The molecule has 0 bridgehead atoms. The summed E-state index contributed by atoms with van der Waals surface area (Å²) in [6.45, 7) is 2.92. The molecule has 1 amide bonds. The normalized spacial score (nSPS) is 19.1. The van der Waals surface area contributed by atoms with Crippen LogP contribution in [0.4, 0.5) is 10.1 Å². The number of aromatic nitrogens is 2. The lowest BCUT2D eigenvalue weighted by atomic mass is 10.1. The fourth-order valence-corrected chi connectivity index (χ4v) is 5.19. The van der Waals surface area contributed by atoms with E-state index in [9.17, 15) is 9.18 Å². The number of fused-ring (bicyclic) bond motifs is 1. The quantitative estimate of drug-likeness (QED) is 0.681. The van der Waals surface area contributed by atoms with E-state index in [0.717, 1.165) is 42.4 Å². The minimum atomic E-state index is -0.225. The number of amides is 1. The van der Waals surface area contributed by atoms with Crippen molar-refractivity contribution >= 4 is 22.9 Å². The third kappa shape index (κ3) is 3.09. The van der Waals surface area contributed by atoms with Gasteiger partial charge in [-0.15, -0.1) is 11.3 Å². The Morgan fingerprint density at radius 2 is 1.79 bits per heavy atom. The second-order valence-corrected chi connectivity index (χ2v) is 8.34. The van der Waals surface area contributed by atoms with Gasteiger partial charge >= 0.3 is 0 Å². The third-order valence-electron chi connectivity index (χ3n) is 5.61. The van der Waals surface area contributed by atoms with E-state index in [1.54, 1.807) is 23.5 Å². The molecule has 1 aliphatic heterocycles. The molecule has 1 aromatic carbocycles. The first kappa shape index (κ1) is 17.4. The van der Waals surface area contributed by atoms with Crippen LogP contribution in [0.15, 0.2) is 48.8 Å². The van der Waals surface area contributed by atoms with Crippen LogP contribution in [0.1, 0.15) is 22.9 Å². The summed E-state index contributed by atoms with van der Waals surface area (Å²) in [4.78, 5) is 23.4. The van der Waals surface area contributed by atoms with E-state index < -0.39 is 0 Å². The van der Waals surface area contributed by atoms with E-state index >= 15 is 0 Å². The number of carbonyl (C=O) groups is 1. The average molecular weight is 396 g/mol. The lowest BCUT2D eigenvalue weighted by Gasteiger charge is -2.37. The van der Waals surface area contributed by atoms with Crippen molar-refractivity contribution in [3.8, 4) is 5.13 Å². The molecule has 1 unspecified atom stereocenters. The van der Waals surface area contributed by atoms with E-state index in [-0.39, 0.29) is 17.6 Å². The maximum absolute atomic E-state index is 13.2. The van der Waals surface area contributed by atoms with E-state index in [1.165, 1.54) is 17.0 Å². The molecular formula is C21H21FN4OS. The average Bonchev–Trinajstić information content (AvgIpc) is 3.45. The monoisotopic (exact) mass is 396 g/mol. The molecule has 1 saturated heterocycles. The molecule has 1 atom stereocenters. The van der Waals surface area contributed by atoms with Gasteiger partial charge in [-0.25, -0.2) is 9.37 Å². The van der Waals surface area contributed by atoms with Crippen LogP contribution in [0.2, 0.25) is 0 Å². The number of halogens is 1. The molecule has 144 valence electrons. The molecule has 28 heavy (non-hydrogen) atoms. The number of thiazole rings is 1. The Balaban J connectivity index is 1.27. The van der Waals surface area contributed by atoms with E-state index in [1.807, 2.05) is 34.0 Å². The third-order valence-corrected chi connectivity index (χ3v) is 6.76. The van der Waals surface area contributed by atoms with Crippen molar-refractivity contribution in [2.24, 2.45) is 0 Å². The van der Waals surface area contributed by atoms with Crippen molar-refractivity contribution in [2.45, 2.75) is 18.8 Å². The number of anilines is 1. The second-order valence-electron chi connectivity index (χ2n) is 7.28. The Morgan fingerprint density at radius 1 is 1.07 bits per heavy atom. The van der Waals surface area contributed by atoms with Crippen molar-refractivity contribution in [2.75, 3.05) is 31.1 Å². The van der Waals surface area contributed by atoms with Crippen LogP contribution in [0.5, 0.6) is 0 Å². The summed E-state index contributed by atoms with van der Waals surface area (Å²) in [5, 5.41) is 0.939. The van der Waals surface area contributed by atoms with Crippen LogP contribution < -0.4 is 4.90 Å². The van der Waals surface area contributed by atoms with Crippen molar-refractivity contribution in [1.29, 1.82) is 0 Å². The Labute approximate surface area is 167 Å². The van der Waals surface area contributed by atoms with Gasteiger partial charge in [-0.2, -0.15) is 0 Å². The van der Waals surface area contributed by atoms with Gasteiger partial charge < -0.3 is 14.4 Å². The summed E-state index contributed by atoms with van der Waals surface area (Å²) in [7, 11) is 0. The second kappa shape index (κ2) is 7.05. The minimum absolute atomic E-state index is 0.118. The fraction of sp³-hybridized carbons (Fsp3) is 0.333. The number of aryl methyl sites for hydroxylation is 1. The molecule has 7 heteroatoms. The topological polar surface area (TPSA) is 41.4 Å². The first-order chi connectivity index (χ1) is 13.7. The van der Waals surface area contributed by atoms with Gasteiger partial charge in [0.1, 0.15) is 5.82 Å². The molecule has 3 aromatic rings. The first-order valence-electron chi connectivity index (χ1n) is 9.61. The van der Waals surface area contributed by atoms with Crippen molar-refractivity contribution in [1.82, 2.24) is 14.5 Å². The smallest absolute Gasteiger partial charge is 0.231 e. The number of hydrogen-bond acceptors (Lipinski definition) is 4. The van der Waals surface area contributed by atoms with Gasteiger partial charge in [0.05, 0.1) is 11.6 Å². The Hall–Kier alpha value is -2.67. The van der Waals surface area contributed by atoms with Gasteiger partial charge in [-0.3, -0.25) is 4.79 Å². The molecule has 5 nitrogen and oxygen atoms in total. The predicted molar refractivity (Wildman–Crippen MR) is 108 cm³/mol. The Morgan fingerprint density at radius 3 is 2.50 bits per heavy atom. The number of piperazine rings is 1. The van der Waals surface area contributed by atoms with Gasteiger partial charge in [0.15, 0.2) is 5.13 Å². The van der Waals surface area contributed by atoms with Gasteiger partial charge in [0.25, 0.3) is 0 Å². The first-order valence-corrected chi connectivity index (χ1v) is 10.4. The number of nitrogens with zero attached hydrogens (tertiary/aromatic N) is 4. The molecular weight excluding hydrogens is 375 g/mol. The summed E-state index contributed by atoms with van der Waals surface area (Å²) in [6, 6.07) is 10.5. The largest absolute Gasteiger partial charge is 0.368 e. The molecule has 0 saturated carbocycles. The molecule has 3 heterocycles. The minimum Gasteiger partial charge on any atom is -0.368 e. The molecule has 1 aliphatic carbocycles. The summed E-state index contributed by atoms with van der Waals surface area (Å²) in [5.41, 5.74) is 1.98. The van der Waals surface area contributed by atoms with Gasteiger partial charge in [0, 0.05) is 49.1 Å². The maximum atomic E-state index is 13.2. The van der Waals surface area contributed by atoms with Crippen molar-refractivity contribution in [3.05, 3.63) is 65.2 Å². The highest BCUT2D eigenvalue weighted by molar-refractivity contribution is 7.14. The number of benzene rings is 1. The van der Waals surface area contributed by atoms with Gasteiger partial charge in [-0.1, -0.05) is 0 Å². The van der Waals surface area contributed by atoms with Crippen LogP contribution in [0, 0.1) is 5.82 Å². The van der Waals surface area contributed by atoms with Gasteiger partial charge in [-0.05, 0) is 49.2 Å². The number of carbonyl (C=O) groups excluding carboxylic acids is 1. The van der Waals surface area contributed by atoms with E-state index in [4.69, 9.17) is 4.98 Å². The molecule has 0 N–H and O–H groups in total. The van der Waals surface area contributed by atoms with Crippen molar-refractivity contribution < 1.29 is 9.18 Å². The highest BCUT2D eigenvalue weighted by atomic mass is 32.1. The molecule has 2 aliphatic rings. The highest BCUT2D eigenvalue weighted by Gasteiger charge is 2.36. The zero-order chi connectivity index (χ0) is 19.1. The summed E-state index contributed by atoms with van der Waals surface area (Å²) in [6.07, 6.45) is 5.76. The van der Waals surface area contributed by atoms with Crippen molar-refractivity contribution in [3.63, 3.8) is 0 Å². The highest BCUT2D eigenvalue weighted by Crippen LogP contribution is 2.38. The maximum Gasteiger partial charge on any atom is 0.231 e. The molecule has 2 aromatic heterocycles. The fourth-order valence-electron chi connectivity index (χ4n) is 4.08. The summed E-state index contributed by atoms with van der Waals surface area (Å²) < 4.78 is 15.1. The Kier molecular flexibility index (Phi) is 4.39. The van der Waals surface area contributed by atoms with E-state index in [2.05, 4.69) is 4.90 Å². The zero-order valence-corrected chi connectivity index (χ0v) is 16.2. The lowest BCUT2D eigenvalue weighted by Crippen LogP contribution is -2.50. The van der Waals surface area contributed by atoms with E-state index in [0.29, 0.717) is 13.1 Å². The van der Waals surface area contributed by atoms with Crippen LogP contribution in [-0.4, -0.2) is 46.5 Å². The van der Waals surface area contributed by atoms with Crippen LogP contribution in [0.3, 0.4) is 0 Å². The number of hydrogen-bond donors (Lipinski definition) is 0. The molecule has 0 radical (unpaired) electrons. The van der Waals surface area contributed by atoms with Crippen LogP contribution in [0.25, 0.3) is 5.13 Å². The predicted octanol–water partition coefficient (Wildman–Crippen LogP) is 3.45. The number of rotatable bonds is 3. The standard InChI is InChI=1S/C21H21FN4OS/c22-15-3-5-16(6-4-15)24-11-13-25(14-12-24)20(27)17-7-8-18-19(17)23-21(28-18)26-9-1-2-10-26/h1-6,9-10,17H,7-8,11-14H2. The molecule has 5 rings (SSSR count). The molecule has 0 spiro atoms. The zero-order valence-electron chi connectivity index (χ0n) is 15.4. The van der Waals surface area contributed by atoms with Gasteiger partial charge in [0.2, 0.25) is 5.91 Å².